The first kappa shape index (κ1) is 24.5. The molecule has 0 amide bonds. The van der Waals surface area contributed by atoms with Crippen molar-refractivity contribution in [1.29, 1.82) is 0 Å². The molecule has 0 unspecified atom stereocenters. The molecule has 0 aliphatic heterocycles. The Bertz CT molecular complexity index is 1590. The van der Waals surface area contributed by atoms with Crippen LogP contribution in [0.4, 0.5) is 4.39 Å². The van der Waals surface area contributed by atoms with E-state index in [2.05, 4.69) is 29.9 Å². The largest absolute Gasteiger partial charge is 0.490 e. The summed E-state index contributed by atoms with van der Waals surface area (Å²) in [6.45, 7) is 3.63. The van der Waals surface area contributed by atoms with E-state index in [4.69, 9.17) is 14.2 Å². The van der Waals surface area contributed by atoms with Crippen LogP contribution < -0.4 is 9.47 Å². The maximum absolute atomic E-state index is 13.4. The summed E-state index contributed by atoms with van der Waals surface area (Å²) in [5, 5.41) is 0. The molecule has 6 aromatic rings. The summed E-state index contributed by atoms with van der Waals surface area (Å²) in [4.78, 5) is 24.3. The summed E-state index contributed by atoms with van der Waals surface area (Å²) >= 11 is 0. The number of rotatable bonds is 10. The number of hydrogen-bond donors (Lipinski definition) is 2. The van der Waals surface area contributed by atoms with Crippen LogP contribution in [-0.2, 0) is 4.74 Å². The molecule has 0 spiro atoms. The fourth-order valence-electron chi connectivity index (χ4n) is 4.09. The lowest BCUT2D eigenvalue weighted by atomic mass is 10.2. The zero-order valence-corrected chi connectivity index (χ0v) is 21.1. The lowest BCUT2D eigenvalue weighted by molar-refractivity contribution is 0.0762. The van der Waals surface area contributed by atoms with Crippen molar-refractivity contribution >= 4 is 22.1 Å². The highest BCUT2D eigenvalue weighted by Crippen LogP contribution is 2.22. The maximum Gasteiger partial charge on any atom is 0.157 e. The molecule has 2 N–H and O–H groups in total. The van der Waals surface area contributed by atoms with E-state index in [0.29, 0.717) is 55.0 Å². The number of nitrogens with one attached hydrogen (secondary N) is 2. The van der Waals surface area contributed by atoms with E-state index in [0.717, 1.165) is 33.6 Å². The molecule has 10 heteroatoms. The van der Waals surface area contributed by atoms with E-state index in [1.54, 1.807) is 24.5 Å². The highest BCUT2D eigenvalue weighted by Gasteiger charge is 2.09. The van der Waals surface area contributed by atoms with E-state index in [-0.39, 0.29) is 5.82 Å². The van der Waals surface area contributed by atoms with E-state index in [1.165, 1.54) is 12.1 Å². The first-order valence-electron chi connectivity index (χ1n) is 12.5. The normalized spacial score (nSPS) is 11.3. The number of aromatic nitrogens is 6. The second-order valence-corrected chi connectivity index (χ2v) is 8.92. The van der Waals surface area contributed by atoms with Crippen molar-refractivity contribution in [3.05, 3.63) is 84.4 Å². The molecule has 0 fully saturated rings. The molecule has 2 aromatic carbocycles. The maximum atomic E-state index is 13.4. The zero-order chi connectivity index (χ0) is 26.6. The van der Waals surface area contributed by atoms with Gasteiger partial charge in [0.05, 0.1) is 47.7 Å². The molecule has 0 saturated heterocycles. The van der Waals surface area contributed by atoms with Crippen LogP contribution in [0.5, 0.6) is 11.5 Å². The van der Waals surface area contributed by atoms with Gasteiger partial charge in [0.15, 0.2) is 11.6 Å². The first-order chi connectivity index (χ1) is 19.1. The molecule has 4 aromatic heterocycles. The number of ether oxygens (including phenoxy) is 3. The Morgan fingerprint density at radius 1 is 0.667 bits per heavy atom. The number of imidazole rings is 2. The van der Waals surface area contributed by atoms with Gasteiger partial charge in [-0.05, 0) is 61.0 Å². The molecule has 39 heavy (non-hydrogen) atoms. The molecule has 0 aliphatic rings. The Hall–Kier alpha value is -4.83. The van der Waals surface area contributed by atoms with Crippen LogP contribution in [0.3, 0.4) is 0 Å². The number of H-pyrrole nitrogens is 2. The molecule has 0 bridgehead atoms. The third-order valence-corrected chi connectivity index (χ3v) is 6.03. The van der Waals surface area contributed by atoms with Gasteiger partial charge in [-0.3, -0.25) is 0 Å². The number of aromatic amines is 2. The highest BCUT2D eigenvalue weighted by molar-refractivity contribution is 5.80. The minimum atomic E-state index is -0.327. The molecule has 4 heterocycles. The molecule has 0 aliphatic carbocycles. The Morgan fingerprint density at radius 2 is 1.23 bits per heavy atom. The lowest BCUT2D eigenvalue weighted by Crippen LogP contribution is -2.12. The molecule has 0 radical (unpaired) electrons. The molecule has 0 saturated carbocycles. The van der Waals surface area contributed by atoms with Gasteiger partial charge in [-0.25, -0.2) is 24.3 Å². The van der Waals surface area contributed by atoms with E-state index in [9.17, 15) is 4.39 Å². The average Bonchev–Trinajstić information content (AvgIpc) is 3.57. The number of fused-ring (bicyclic) bond motifs is 2. The van der Waals surface area contributed by atoms with Crippen LogP contribution >= 0.6 is 0 Å². The number of halogens is 1. The molecule has 196 valence electrons. The van der Waals surface area contributed by atoms with Gasteiger partial charge in [0.2, 0.25) is 0 Å². The molecule has 9 nitrogen and oxygen atoms in total. The summed E-state index contributed by atoms with van der Waals surface area (Å²) in [7, 11) is 0. The Balaban J connectivity index is 0.913. The van der Waals surface area contributed by atoms with Crippen LogP contribution in [0.1, 0.15) is 5.56 Å². The SMILES string of the molecule is Cc1ccc2[nH]c(-c3ccc(OCCOCCOc4ccc(-c5nc6cc(F)ccc6[nH]5)nc4)cn3)nc2c1. The molecular formula is C29H25FN6O3. The first-order valence-corrected chi connectivity index (χ1v) is 12.5. The van der Waals surface area contributed by atoms with Gasteiger partial charge in [-0.15, -0.1) is 0 Å². The predicted molar refractivity (Wildman–Crippen MR) is 145 cm³/mol. The fourth-order valence-corrected chi connectivity index (χ4v) is 4.09. The van der Waals surface area contributed by atoms with Gasteiger partial charge in [0, 0.05) is 6.07 Å². The highest BCUT2D eigenvalue weighted by atomic mass is 19.1. The number of aryl methyl sites for hydroxylation is 1. The van der Waals surface area contributed by atoms with Gasteiger partial charge in [0.1, 0.15) is 41.9 Å². The second-order valence-electron chi connectivity index (χ2n) is 8.92. The monoisotopic (exact) mass is 524 g/mol. The van der Waals surface area contributed by atoms with E-state index in [1.807, 2.05) is 43.3 Å². The van der Waals surface area contributed by atoms with Crippen LogP contribution in [0.15, 0.2) is 73.1 Å². The van der Waals surface area contributed by atoms with Crippen molar-refractivity contribution in [1.82, 2.24) is 29.9 Å². The predicted octanol–water partition coefficient (Wildman–Crippen LogP) is 5.49. The topological polar surface area (TPSA) is 111 Å². The quantitative estimate of drug-likeness (QED) is 0.228. The van der Waals surface area contributed by atoms with E-state index < -0.39 is 0 Å². The minimum Gasteiger partial charge on any atom is -0.490 e. The number of nitrogens with zero attached hydrogens (tertiary/aromatic N) is 4. The molecule has 6 rings (SSSR count). The lowest BCUT2D eigenvalue weighted by Gasteiger charge is -2.09. The number of pyridine rings is 2. The summed E-state index contributed by atoms with van der Waals surface area (Å²) in [5.74, 6) is 2.24. The zero-order valence-electron chi connectivity index (χ0n) is 21.1. The van der Waals surface area contributed by atoms with Crippen molar-refractivity contribution in [2.24, 2.45) is 0 Å². The molecule has 0 atom stereocenters. The summed E-state index contributed by atoms with van der Waals surface area (Å²) in [6.07, 6.45) is 3.30. The fraction of sp³-hybridized carbons (Fsp3) is 0.172. The van der Waals surface area contributed by atoms with Gasteiger partial charge >= 0.3 is 0 Å². The third-order valence-electron chi connectivity index (χ3n) is 6.03. The Labute approximate surface area is 223 Å². The van der Waals surface area contributed by atoms with E-state index >= 15 is 0 Å². The third kappa shape index (κ3) is 5.70. The number of benzene rings is 2. The average molecular weight is 525 g/mol. The smallest absolute Gasteiger partial charge is 0.157 e. The van der Waals surface area contributed by atoms with Crippen LogP contribution in [0, 0.1) is 12.7 Å². The number of hydrogen-bond acceptors (Lipinski definition) is 7. The minimum absolute atomic E-state index is 0.327. The van der Waals surface area contributed by atoms with Gasteiger partial charge < -0.3 is 24.2 Å². The van der Waals surface area contributed by atoms with Crippen molar-refractivity contribution in [3.63, 3.8) is 0 Å². The second kappa shape index (κ2) is 10.9. The van der Waals surface area contributed by atoms with Crippen molar-refractivity contribution in [2.75, 3.05) is 26.4 Å². The summed E-state index contributed by atoms with van der Waals surface area (Å²) in [6, 6.07) is 17.9. The summed E-state index contributed by atoms with van der Waals surface area (Å²) < 4.78 is 30.4. The van der Waals surface area contributed by atoms with Crippen LogP contribution in [-0.4, -0.2) is 56.3 Å². The van der Waals surface area contributed by atoms with Crippen molar-refractivity contribution < 1.29 is 18.6 Å². The standard InChI is InChI=1S/C29H25FN6O3/c1-18-2-6-22-26(14-18)35-28(33-22)24-8-4-20(16-31-24)38-12-10-37-11-13-39-21-5-9-25(32-17-21)29-34-23-7-3-19(30)15-27(23)36-29/h2-9,14-17H,10-13H2,1H3,(H,33,35)(H,34,36). The summed E-state index contributed by atoms with van der Waals surface area (Å²) in [5.41, 5.74) is 5.76. The Morgan fingerprint density at radius 3 is 1.79 bits per heavy atom. The van der Waals surface area contributed by atoms with Crippen LogP contribution in [0.2, 0.25) is 0 Å². The Kier molecular flexibility index (Phi) is 6.84. The molecular weight excluding hydrogens is 499 g/mol. The van der Waals surface area contributed by atoms with Gasteiger partial charge in [-0.1, -0.05) is 6.07 Å². The van der Waals surface area contributed by atoms with Gasteiger partial charge in [0.25, 0.3) is 0 Å². The van der Waals surface area contributed by atoms with Crippen molar-refractivity contribution in [3.8, 4) is 34.5 Å². The van der Waals surface area contributed by atoms with Crippen LogP contribution in [0.25, 0.3) is 45.1 Å². The van der Waals surface area contributed by atoms with Gasteiger partial charge in [-0.2, -0.15) is 0 Å². The van der Waals surface area contributed by atoms with Crippen molar-refractivity contribution in [2.45, 2.75) is 6.92 Å².